The normalized spacial score (nSPS) is 18.3. The van der Waals surface area contributed by atoms with Gasteiger partial charge in [0.05, 0.1) is 18.2 Å². The first-order valence-electron chi connectivity index (χ1n) is 11.2. The third-order valence-electron chi connectivity index (χ3n) is 5.93. The molecule has 0 spiro atoms. The molecule has 0 bridgehead atoms. The Morgan fingerprint density at radius 3 is 2.62 bits per heavy atom. The summed E-state index contributed by atoms with van der Waals surface area (Å²) in [5.74, 6) is -1.67. The van der Waals surface area contributed by atoms with Crippen LogP contribution in [-0.4, -0.2) is 40.5 Å². The Morgan fingerprint density at radius 2 is 1.88 bits per heavy atom. The van der Waals surface area contributed by atoms with Crippen LogP contribution in [0.3, 0.4) is 0 Å². The first kappa shape index (κ1) is 23.5. The van der Waals surface area contributed by atoms with Gasteiger partial charge in [0.1, 0.15) is 5.82 Å². The zero-order valence-electron chi connectivity index (χ0n) is 18.6. The van der Waals surface area contributed by atoms with Crippen molar-refractivity contribution >= 4 is 17.5 Å². The van der Waals surface area contributed by atoms with Crippen LogP contribution in [0.2, 0.25) is 0 Å². The molecule has 1 aromatic heterocycles. The Morgan fingerprint density at radius 1 is 1.09 bits per heavy atom. The largest absolute Gasteiger partial charge is 0.387 e. The monoisotopic (exact) mass is 462 g/mol. The Labute approximate surface area is 197 Å². The number of rotatable bonds is 8. The molecule has 3 atom stereocenters. The van der Waals surface area contributed by atoms with Crippen LogP contribution in [0.15, 0.2) is 73.1 Å². The second-order valence-corrected chi connectivity index (χ2v) is 8.39. The molecule has 0 saturated carbocycles. The number of halogens is 1. The Balaban J connectivity index is 1.23. The van der Waals surface area contributed by atoms with Gasteiger partial charge < -0.3 is 21.1 Å². The van der Waals surface area contributed by atoms with Gasteiger partial charge in [0, 0.05) is 35.7 Å². The predicted octanol–water partition coefficient (Wildman–Crippen LogP) is 2.99. The zero-order valence-corrected chi connectivity index (χ0v) is 18.6. The minimum atomic E-state index is -0.639. The molecule has 4 rings (SSSR count). The summed E-state index contributed by atoms with van der Waals surface area (Å²) in [6.45, 7) is -0.262. The molecule has 8 heteroatoms. The molecule has 1 fully saturated rings. The number of hydrogen-bond acceptors (Lipinski definition) is 5. The van der Waals surface area contributed by atoms with Gasteiger partial charge in [-0.1, -0.05) is 30.3 Å². The summed E-state index contributed by atoms with van der Waals surface area (Å²) in [6.07, 6.45) is 5.45. The molecule has 1 saturated heterocycles. The SMILES string of the molecule is O=C(CNC(=O)c1ccccc1F)Nc1ccc(C[C@@H]2CC[C@H]([C@H](O)c3cccnc3)N2)cc1. The van der Waals surface area contributed by atoms with Crippen molar-refractivity contribution in [3.8, 4) is 0 Å². The van der Waals surface area contributed by atoms with E-state index in [2.05, 4.69) is 20.9 Å². The van der Waals surface area contributed by atoms with Crippen LogP contribution in [0.1, 0.15) is 40.4 Å². The van der Waals surface area contributed by atoms with Crippen molar-refractivity contribution < 1.29 is 19.1 Å². The van der Waals surface area contributed by atoms with Crippen molar-refractivity contribution in [3.05, 3.63) is 95.6 Å². The minimum absolute atomic E-state index is 0.00710. The number of nitrogens with one attached hydrogen (secondary N) is 3. The third kappa shape index (κ3) is 6.03. The number of aromatic nitrogens is 1. The summed E-state index contributed by atoms with van der Waals surface area (Å²) in [6, 6.07) is 17.1. The Bertz CT molecular complexity index is 1120. The van der Waals surface area contributed by atoms with E-state index in [0.717, 1.165) is 30.4 Å². The zero-order chi connectivity index (χ0) is 23.9. The molecule has 1 aliphatic heterocycles. The lowest BCUT2D eigenvalue weighted by Gasteiger charge is -2.20. The topological polar surface area (TPSA) is 103 Å². The fourth-order valence-electron chi connectivity index (χ4n) is 4.16. The first-order valence-corrected chi connectivity index (χ1v) is 11.2. The number of pyridine rings is 1. The van der Waals surface area contributed by atoms with Crippen LogP contribution in [0.25, 0.3) is 0 Å². The van der Waals surface area contributed by atoms with E-state index in [-0.39, 0.29) is 24.2 Å². The molecule has 0 aliphatic carbocycles. The molecule has 0 unspecified atom stereocenters. The quantitative estimate of drug-likeness (QED) is 0.412. The van der Waals surface area contributed by atoms with Crippen LogP contribution >= 0.6 is 0 Å². The second kappa shape index (κ2) is 11.0. The van der Waals surface area contributed by atoms with Crippen LogP contribution in [0.5, 0.6) is 0 Å². The first-order chi connectivity index (χ1) is 16.5. The highest BCUT2D eigenvalue weighted by Crippen LogP contribution is 2.26. The number of hydrogen-bond donors (Lipinski definition) is 4. The average molecular weight is 463 g/mol. The lowest BCUT2D eigenvalue weighted by molar-refractivity contribution is -0.115. The van der Waals surface area contributed by atoms with Gasteiger partial charge in [0.25, 0.3) is 5.91 Å². The molecule has 4 N–H and O–H groups in total. The fourth-order valence-corrected chi connectivity index (χ4v) is 4.16. The number of aliphatic hydroxyl groups excluding tert-OH is 1. The van der Waals surface area contributed by atoms with Crippen molar-refractivity contribution in [1.82, 2.24) is 15.6 Å². The summed E-state index contributed by atoms with van der Waals surface area (Å²) in [7, 11) is 0. The van der Waals surface area contributed by atoms with E-state index in [9.17, 15) is 19.1 Å². The molecule has 2 amide bonds. The molecule has 0 radical (unpaired) electrons. The lowest BCUT2D eigenvalue weighted by atomic mass is 10.0. The molecule has 7 nitrogen and oxygen atoms in total. The van der Waals surface area contributed by atoms with Crippen LogP contribution in [0.4, 0.5) is 10.1 Å². The summed E-state index contributed by atoms with van der Waals surface area (Å²) >= 11 is 0. The van der Waals surface area contributed by atoms with Gasteiger partial charge in [0.15, 0.2) is 0 Å². The van der Waals surface area contributed by atoms with Crippen molar-refractivity contribution in [3.63, 3.8) is 0 Å². The van der Waals surface area contributed by atoms with Crippen LogP contribution in [0, 0.1) is 5.82 Å². The van der Waals surface area contributed by atoms with Gasteiger partial charge in [-0.05, 0) is 55.2 Å². The number of nitrogens with zero attached hydrogens (tertiary/aromatic N) is 1. The number of carbonyl (C=O) groups is 2. The molecular formula is C26H27FN4O3. The number of carbonyl (C=O) groups excluding carboxylic acids is 2. The van der Waals surface area contributed by atoms with Crippen molar-refractivity contribution in [1.29, 1.82) is 0 Å². The van der Waals surface area contributed by atoms with Crippen molar-refractivity contribution in [2.24, 2.45) is 0 Å². The predicted molar refractivity (Wildman–Crippen MR) is 127 cm³/mol. The summed E-state index contributed by atoms with van der Waals surface area (Å²) in [5, 5.41) is 19.3. The van der Waals surface area contributed by atoms with Crippen LogP contribution < -0.4 is 16.0 Å². The fraction of sp³-hybridized carbons (Fsp3) is 0.269. The maximum Gasteiger partial charge on any atom is 0.254 e. The van der Waals surface area contributed by atoms with Crippen LogP contribution in [-0.2, 0) is 11.2 Å². The molecule has 1 aliphatic rings. The molecule has 34 heavy (non-hydrogen) atoms. The molecular weight excluding hydrogens is 435 g/mol. The lowest BCUT2D eigenvalue weighted by Crippen LogP contribution is -2.35. The standard InChI is InChI=1S/C26H27FN4O3/c27-22-6-2-1-5-21(22)26(34)29-16-24(32)31-19-9-7-17(8-10-19)14-20-11-12-23(30-20)25(33)18-4-3-13-28-15-18/h1-10,13,15,20,23,25,30,33H,11-12,14,16H2,(H,29,34)(H,31,32)/t20-,23+,25+/m0/s1. The van der Waals surface area contributed by atoms with Gasteiger partial charge in [-0.2, -0.15) is 0 Å². The van der Waals surface area contributed by atoms with Gasteiger partial charge in [-0.25, -0.2) is 4.39 Å². The van der Waals surface area contributed by atoms with E-state index in [1.807, 2.05) is 36.4 Å². The minimum Gasteiger partial charge on any atom is -0.387 e. The van der Waals surface area contributed by atoms with Gasteiger partial charge >= 0.3 is 0 Å². The second-order valence-electron chi connectivity index (χ2n) is 8.39. The van der Waals surface area contributed by atoms with E-state index in [0.29, 0.717) is 5.69 Å². The van der Waals surface area contributed by atoms with E-state index in [4.69, 9.17) is 0 Å². The highest BCUT2D eigenvalue weighted by atomic mass is 19.1. The van der Waals surface area contributed by atoms with Crippen molar-refractivity contribution in [2.45, 2.75) is 37.5 Å². The van der Waals surface area contributed by atoms with E-state index >= 15 is 0 Å². The molecule has 176 valence electrons. The van der Waals surface area contributed by atoms with E-state index in [1.54, 1.807) is 18.5 Å². The maximum atomic E-state index is 13.7. The maximum absolute atomic E-state index is 13.7. The number of aliphatic hydroxyl groups is 1. The molecule has 2 aromatic carbocycles. The number of anilines is 1. The average Bonchev–Trinajstić information content (AvgIpc) is 3.32. The van der Waals surface area contributed by atoms with E-state index in [1.165, 1.54) is 18.2 Å². The third-order valence-corrected chi connectivity index (χ3v) is 5.93. The number of benzene rings is 2. The Hall–Kier alpha value is -3.62. The Kier molecular flexibility index (Phi) is 7.61. The number of amides is 2. The highest BCUT2D eigenvalue weighted by molar-refractivity contribution is 5.99. The van der Waals surface area contributed by atoms with Gasteiger partial charge in [-0.15, -0.1) is 0 Å². The smallest absolute Gasteiger partial charge is 0.254 e. The summed E-state index contributed by atoms with van der Waals surface area (Å²) < 4.78 is 13.7. The molecule has 2 heterocycles. The van der Waals surface area contributed by atoms with Gasteiger partial charge in [-0.3, -0.25) is 14.6 Å². The molecule has 3 aromatic rings. The summed E-state index contributed by atoms with van der Waals surface area (Å²) in [4.78, 5) is 28.3. The summed E-state index contributed by atoms with van der Waals surface area (Å²) in [5.41, 5.74) is 2.43. The highest BCUT2D eigenvalue weighted by Gasteiger charge is 2.30. The van der Waals surface area contributed by atoms with Gasteiger partial charge in [0.2, 0.25) is 5.91 Å². The van der Waals surface area contributed by atoms with Crippen molar-refractivity contribution in [2.75, 3.05) is 11.9 Å². The van der Waals surface area contributed by atoms with E-state index < -0.39 is 23.7 Å².